The van der Waals surface area contributed by atoms with E-state index in [9.17, 15) is 4.79 Å². The van der Waals surface area contributed by atoms with E-state index >= 15 is 0 Å². The number of para-hydroxylation sites is 1. The molecular formula is C18H14N4O2S. The van der Waals surface area contributed by atoms with Gasteiger partial charge in [0.15, 0.2) is 5.82 Å². The fraction of sp³-hybridized carbons (Fsp3) is 0.167. The van der Waals surface area contributed by atoms with Crippen LogP contribution in [0, 0.1) is 0 Å². The van der Waals surface area contributed by atoms with E-state index in [4.69, 9.17) is 4.52 Å². The Hall–Kier alpha value is -2.93. The van der Waals surface area contributed by atoms with Gasteiger partial charge >= 0.3 is 0 Å². The molecule has 0 aliphatic heterocycles. The van der Waals surface area contributed by atoms with Crippen molar-refractivity contribution in [1.29, 1.82) is 0 Å². The van der Waals surface area contributed by atoms with Gasteiger partial charge in [-0.25, -0.2) is 0 Å². The van der Waals surface area contributed by atoms with Crippen molar-refractivity contribution in [2.45, 2.75) is 18.8 Å². The minimum Gasteiger partial charge on any atom is -0.360 e. The summed E-state index contributed by atoms with van der Waals surface area (Å²) >= 11 is 1.47. The lowest BCUT2D eigenvalue weighted by molar-refractivity contribution is 0.102. The van der Waals surface area contributed by atoms with Crippen molar-refractivity contribution in [2.75, 3.05) is 5.32 Å². The van der Waals surface area contributed by atoms with Gasteiger partial charge in [0.1, 0.15) is 4.88 Å². The first kappa shape index (κ1) is 14.4. The Balaban J connectivity index is 1.44. The Bertz CT molecular complexity index is 1070. The van der Waals surface area contributed by atoms with E-state index in [2.05, 4.69) is 20.4 Å². The first-order valence-corrected chi connectivity index (χ1v) is 8.96. The molecule has 0 spiro atoms. The zero-order valence-electron chi connectivity index (χ0n) is 13.2. The lowest BCUT2D eigenvalue weighted by Gasteiger charge is -2.03. The highest BCUT2D eigenvalue weighted by Crippen LogP contribution is 2.40. The summed E-state index contributed by atoms with van der Waals surface area (Å²) in [6, 6.07) is 9.58. The summed E-state index contributed by atoms with van der Waals surface area (Å²) in [5, 5.41) is 9.81. The minimum absolute atomic E-state index is 0.168. The van der Waals surface area contributed by atoms with Crippen LogP contribution < -0.4 is 5.32 Å². The maximum absolute atomic E-state index is 12.7. The number of amides is 1. The number of fused-ring (bicyclic) bond motifs is 1. The van der Waals surface area contributed by atoms with Gasteiger partial charge in [0.25, 0.3) is 11.8 Å². The number of nitrogens with one attached hydrogen (secondary N) is 2. The number of carbonyl (C=O) groups is 1. The smallest absolute Gasteiger partial charge is 0.270 e. The normalized spacial score (nSPS) is 14.1. The summed E-state index contributed by atoms with van der Waals surface area (Å²) in [5.41, 5.74) is 2.23. The Morgan fingerprint density at radius 2 is 2.16 bits per heavy atom. The second-order valence-electron chi connectivity index (χ2n) is 6.10. The van der Waals surface area contributed by atoms with Crippen LogP contribution in [0.3, 0.4) is 0 Å². The van der Waals surface area contributed by atoms with E-state index in [1.54, 1.807) is 6.20 Å². The number of aromatic amines is 1. The standard InChI is InChI=1S/C18H14N4O2S/c23-17(12-9-19-13-4-2-1-3-11(12)13)20-14-7-8-25-15(14)18-21-16(22-24-18)10-5-6-10/h1-4,7-10,19H,5-6H2,(H,20,23). The van der Waals surface area contributed by atoms with Crippen LogP contribution >= 0.6 is 11.3 Å². The molecule has 6 nitrogen and oxygen atoms in total. The molecule has 1 aromatic carbocycles. The lowest BCUT2D eigenvalue weighted by Crippen LogP contribution is -2.11. The highest BCUT2D eigenvalue weighted by molar-refractivity contribution is 7.14. The SMILES string of the molecule is O=C(Nc1ccsc1-c1nc(C2CC2)no1)c1c[nH]c2ccccc12. The summed E-state index contributed by atoms with van der Waals surface area (Å²) < 4.78 is 5.39. The van der Waals surface area contributed by atoms with Crippen molar-refractivity contribution in [3.8, 4) is 10.8 Å². The summed E-state index contributed by atoms with van der Waals surface area (Å²) in [4.78, 5) is 21.1. The third-order valence-electron chi connectivity index (χ3n) is 4.33. The van der Waals surface area contributed by atoms with Crippen LogP contribution in [0.25, 0.3) is 21.7 Å². The summed E-state index contributed by atoms with van der Waals surface area (Å²) in [7, 11) is 0. The van der Waals surface area contributed by atoms with E-state index in [1.807, 2.05) is 35.7 Å². The molecule has 0 saturated heterocycles. The molecular weight excluding hydrogens is 336 g/mol. The molecule has 3 heterocycles. The van der Waals surface area contributed by atoms with E-state index < -0.39 is 0 Å². The number of rotatable bonds is 4. The number of aromatic nitrogens is 3. The average molecular weight is 350 g/mol. The van der Waals surface area contributed by atoms with Gasteiger partial charge in [-0.15, -0.1) is 11.3 Å². The number of hydrogen-bond acceptors (Lipinski definition) is 5. The van der Waals surface area contributed by atoms with Gasteiger partial charge in [-0.1, -0.05) is 23.4 Å². The van der Waals surface area contributed by atoms with Gasteiger partial charge in [-0.2, -0.15) is 4.98 Å². The topological polar surface area (TPSA) is 83.8 Å². The molecule has 1 fully saturated rings. The monoisotopic (exact) mass is 350 g/mol. The van der Waals surface area contributed by atoms with E-state index in [0.717, 1.165) is 34.4 Å². The van der Waals surface area contributed by atoms with Crippen molar-refractivity contribution in [2.24, 2.45) is 0 Å². The number of nitrogens with zero attached hydrogens (tertiary/aromatic N) is 2. The molecule has 7 heteroatoms. The van der Waals surface area contributed by atoms with Gasteiger partial charge in [0.05, 0.1) is 11.3 Å². The third kappa shape index (κ3) is 2.53. The first-order chi connectivity index (χ1) is 12.3. The van der Waals surface area contributed by atoms with Crippen LogP contribution in [0.15, 0.2) is 46.4 Å². The Labute approximate surface area is 146 Å². The lowest BCUT2D eigenvalue weighted by atomic mass is 10.1. The molecule has 0 radical (unpaired) electrons. The quantitative estimate of drug-likeness (QED) is 0.571. The van der Waals surface area contributed by atoms with Crippen LogP contribution in [0.4, 0.5) is 5.69 Å². The number of thiophene rings is 1. The maximum Gasteiger partial charge on any atom is 0.270 e. The van der Waals surface area contributed by atoms with E-state index in [0.29, 0.717) is 23.1 Å². The van der Waals surface area contributed by atoms with E-state index in [1.165, 1.54) is 11.3 Å². The fourth-order valence-corrected chi connectivity index (χ4v) is 3.63. The van der Waals surface area contributed by atoms with Gasteiger partial charge < -0.3 is 14.8 Å². The fourth-order valence-electron chi connectivity index (χ4n) is 2.86. The average Bonchev–Trinajstić information content (AvgIpc) is 3.03. The maximum atomic E-state index is 12.7. The van der Waals surface area contributed by atoms with Crippen LogP contribution in [-0.2, 0) is 0 Å². The highest BCUT2D eigenvalue weighted by Gasteiger charge is 2.29. The van der Waals surface area contributed by atoms with E-state index in [-0.39, 0.29) is 5.91 Å². The van der Waals surface area contributed by atoms with Crippen molar-refractivity contribution in [1.82, 2.24) is 15.1 Å². The summed E-state index contributed by atoms with van der Waals surface area (Å²) in [6.07, 6.45) is 3.96. The molecule has 0 atom stereocenters. The molecule has 1 saturated carbocycles. The zero-order chi connectivity index (χ0) is 16.8. The van der Waals surface area contributed by atoms with Gasteiger partial charge in [0.2, 0.25) is 0 Å². The van der Waals surface area contributed by atoms with Crippen molar-refractivity contribution in [3.05, 3.63) is 53.3 Å². The molecule has 2 N–H and O–H groups in total. The number of hydrogen-bond donors (Lipinski definition) is 2. The second kappa shape index (κ2) is 5.56. The molecule has 0 unspecified atom stereocenters. The zero-order valence-corrected chi connectivity index (χ0v) is 14.0. The minimum atomic E-state index is -0.168. The Kier molecular flexibility index (Phi) is 3.21. The number of anilines is 1. The predicted molar refractivity (Wildman–Crippen MR) is 95.8 cm³/mol. The van der Waals surface area contributed by atoms with Gasteiger partial charge in [-0.3, -0.25) is 4.79 Å². The van der Waals surface area contributed by atoms with Crippen LogP contribution in [0.1, 0.15) is 34.9 Å². The molecule has 1 aliphatic carbocycles. The number of H-pyrrole nitrogens is 1. The highest BCUT2D eigenvalue weighted by atomic mass is 32.1. The van der Waals surface area contributed by atoms with Gasteiger partial charge in [-0.05, 0) is 30.4 Å². The van der Waals surface area contributed by atoms with Crippen molar-refractivity contribution >= 4 is 33.8 Å². The molecule has 0 bridgehead atoms. The number of benzene rings is 1. The largest absolute Gasteiger partial charge is 0.360 e. The third-order valence-corrected chi connectivity index (χ3v) is 5.23. The number of carbonyl (C=O) groups excluding carboxylic acids is 1. The Morgan fingerprint density at radius 1 is 1.28 bits per heavy atom. The van der Waals surface area contributed by atoms with Gasteiger partial charge in [0, 0.05) is 23.0 Å². The van der Waals surface area contributed by atoms with Crippen LogP contribution in [-0.4, -0.2) is 21.0 Å². The molecule has 4 aromatic rings. The molecule has 25 heavy (non-hydrogen) atoms. The van der Waals surface area contributed by atoms with Crippen molar-refractivity contribution in [3.63, 3.8) is 0 Å². The molecule has 3 aromatic heterocycles. The molecule has 1 amide bonds. The summed E-state index contributed by atoms with van der Waals surface area (Å²) in [5.74, 6) is 1.49. The molecule has 1 aliphatic rings. The first-order valence-electron chi connectivity index (χ1n) is 8.08. The van der Waals surface area contributed by atoms with Crippen LogP contribution in [0.5, 0.6) is 0 Å². The molecule has 5 rings (SSSR count). The molecule has 124 valence electrons. The second-order valence-corrected chi connectivity index (χ2v) is 7.01. The predicted octanol–water partition coefficient (Wildman–Crippen LogP) is 4.41. The Morgan fingerprint density at radius 3 is 3.04 bits per heavy atom. The van der Waals surface area contributed by atoms with Crippen LogP contribution in [0.2, 0.25) is 0 Å². The summed E-state index contributed by atoms with van der Waals surface area (Å²) in [6.45, 7) is 0. The van der Waals surface area contributed by atoms with Crippen molar-refractivity contribution < 1.29 is 9.32 Å².